The summed E-state index contributed by atoms with van der Waals surface area (Å²) < 4.78 is 1.96. The van der Waals surface area contributed by atoms with Crippen molar-refractivity contribution >= 4 is 29.6 Å². The number of unbranched alkanes of at least 4 members (excludes halogenated alkanes) is 1. The van der Waals surface area contributed by atoms with Gasteiger partial charge in [0.05, 0.1) is 16.7 Å². The molecule has 0 saturated heterocycles. The van der Waals surface area contributed by atoms with Gasteiger partial charge >= 0.3 is 0 Å². The zero-order valence-electron chi connectivity index (χ0n) is 18.1. The fourth-order valence-corrected chi connectivity index (χ4v) is 4.65. The van der Waals surface area contributed by atoms with E-state index in [2.05, 4.69) is 86.5 Å². The summed E-state index contributed by atoms with van der Waals surface area (Å²) in [7, 11) is 2.13. The van der Waals surface area contributed by atoms with Gasteiger partial charge in [0.25, 0.3) is 0 Å². The molecular weight excluding hydrogens is 368 g/mol. The van der Waals surface area contributed by atoms with Gasteiger partial charge in [-0.15, -0.1) is 0 Å². The number of fused-ring (bicyclic) bond motifs is 2. The van der Waals surface area contributed by atoms with Gasteiger partial charge in [-0.2, -0.15) is 0 Å². The number of anilines is 1. The summed E-state index contributed by atoms with van der Waals surface area (Å²) >= 11 is 0. The Hall–Kier alpha value is -2.98. The molecule has 1 aromatic heterocycles. The average Bonchev–Trinajstić information content (AvgIpc) is 3.20. The standard InChI is InChI=1S/C26H32N4/c1-6-7-10-17(2)28-30-18(3)22-14-13-21(16-24(22)19(30)4)29(5)26-23-12-9-8-11-20(23)15-25(26)27/h8-9,11-14,16,25-26,28H,2-4,6-7,10,15,27H2,1,5H3. The number of rotatable bonds is 7. The van der Waals surface area contributed by atoms with Gasteiger partial charge in [0, 0.05) is 35.2 Å². The van der Waals surface area contributed by atoms with Gasteiger partial charge in [0.1, 0.15) is 0 Å². The highest BCUT2D eigenvalue weighted by molar-refractivity contribution is 5.87. The highest BCUT2D eigenvalue weighted by atomic mass is 15.4. The van der Waals surface area contributed by atoms with Crippen molar-refractivity contribution in [2.75, 3.05) is 17.4 Å². The molecule has 0 bridgehead atoms. The van der Waals surface area contributed by atoms with E-state index in [1.165, 1.54) is 11.1 Å². The topological polar surface area (TPSA) is 46.2 Å². The fraction of sp³-hybridized carbons (Fsp3) is 0.308. The third-order valence-electron chi connectivity index (χ3n) is 6.33. The zero-order valence-corrected chi connectivity index (χ0v) is 18.1. The number of hydrogen-bond donors (Lipinski definition) is 2. The van der Waals surface area contributed by atoms with E-state index in [1.54, 1.807) is 0 Å². The molecule has 0 fully saturated rings. The summed E-state index contributed by atoms with van der Waals surface area (Å²) in [6.07, 6.45) is 4.11. The van der Waals surface area contributed by atoms with Gasteiger partial charge in [-0.1, -0.05) is 63.4 Å². The Morgan fingerprint density at radius 3 is 2.67 bits per heavy atom. The first-order chi connectivity index (χ1) is 14.4. The maximum absolute atomic E-state index is 6.55. The zero-order chi connectivity index (χ0) is 21.4. The summed E-state index contributed by atoms with van der Waals surface area (Å²) in [4.78, 5) is 2.29. The van der Waals surface area contributed by atoms with Crippen LogP contribution in [0.2, 0.25) is 0 Å². The number of aromatic nitrogens is 1. The second-order valence-corrected chi connectivity index (χ2v) is 8.40. The van der Waals surface area contributed by atoms with Gasteiger partial charge in [-0.25, -0.2) is 0 Å². The van der Waals surface area contributed by atoms with Crippen LogP contribution in [0, 0.1) is 0 Å². The lowest BCUT2D eigenvalue weighted by Gasteiger charge is -2.30. The normalized spacial score (nSPS) is 17.8. The third kappa shape index (κ3) is 3.41. The second kappa shape index (κ2) is 8.04. The number of hydrogen-bond acceptors (Lipinski definition) is 3. The summed E-state index contributed by atoms with van der Waals surface area (Å²) in [5.74, 6) is 0. The number of nitrogens with zero attached hydrogens (tertiary/aromatic N) is 2. The van der Waals surface area contributed by atoms with Crippen molar-refractivity contribution in [2.45, 2.75) is 44.7 Å². The van der Waals surface area contributed by atoms with E-state index in [1.807, 2.05) is 4.68 Å². The molecular formula is C26H32N4. The van der Waals surface area contributed by atoms with Gasteiger partial charge < -0.3 is 10.6 Å². The van der Waals surface area contributed by atoms with Crippen LogP contribution < -0.4 is 26.8 Å². The van der Waals surface area contributed by atoms with Crippen LogP contribution in [-0.4, -0.2) is 17.8 Å². The molecule has 4 rings (SSSR count). The molecule has 0 aliphatic heterocycles. The van der Waals surface area contributed by atoms with Crippen molar-refractivity contribution in [3.05, 3.63) is 76.6 Å². The smallest absolute Gasteiger partial charge is 0.0696 e. The SMILES string of the molecule is C=C(CCCC)Nn1c(=C)c2ccc(N(C)C3c4ccccc4CC3N)cc2c1=C. The maximum Gasteiger partial charge on any atom is 0.0696 e. The monoisotopic (exact) mass is 400 g/mol. The molecule has 0 radical (unpaired) electrons. The molecule has 156 valence electrons. The maximum atomic E-state index is 6.55. The average molecular weight is 401 g/mol. The Kier molecular flexibility index (Phi) is 5.44. The molecule has 3 N–H and O–H groups in total. The van der Waals surface area contributed by atoms with Crippen LogP contribution in [0.5, 0.6) is 0 Å². The summed E-state index contributed by atoms with van der Waals surface area (Å²) in [6.45, 7) is 15.0. The van der Waals surface area contributed by atoms with E-state index in [9.17, 15) is 0 Å². The van der Waals surface area contributed by atoms with Gasteiger partial charge in [0.2, 0.25) is 0 Å². The Morgan fingerprint density at radius 2 is 1.90 bits per heavy atom. The van der Waals surface area contributed by atoms with Crippen LogP contribution in [-0.2, 0) is 6.42 Å². The van der Waals surface area contributed by atoms with E-state index in [4.69, 9.17) is 5.73 Å². The molecule has 0 amide bonds. The van der Waals surface area contributed by atoms with Crippen molar-refractivity contribution in [1.29, 1.82) is 0 Å². The van der Waals surface area contributed by atoms with Gasteiger partial charge in [-0.3, -0.25) is 10.1 Å². The third-order valence-corrected chi connectivity index (χ3v) is 6.33. The van der Waals surface area contributed by atoms with Crippen molar-refractivity contribution in [2.24, 2.45) is 5.73 Å². The molecule has 2 atom stereocenters. The van der Waals surface area contributed by atoms with Crippen LogP contribution in [0.25, 0.3) is 23.9 Å². The molecule has 1 heterocycles. The lowest BCUT2D eigenvalue weighted by atomic mass is 10.0. The lowest BCUT2D eigenvalue weighted by Crippen LogP contribution is -2.36. The quantitative estimate of drug-likeness (QED) is 0.635. The minimum atomic E-state index is 0.0823. The predicted molar refractivity (Wildman–Crippen MR) is 130 cm³/mol. The van der Waals surface area contributed by atoms with Crippen molar-refractivity contribution < 1.29 is 0 Å². The molecule has 30 heavy (non-hydrogen) atoms. The minimum Gasteiger partial charge on any atom is -0.366 e. The minimum absolute atomic E-state index is 0.0823. The first-order valence-electron chi connectivity index (χ1n) is 10.8. The van der Waals surface area contributed by atoms with Crippen LogP contribution >= 0.6 is 0 Å². The first-order valence-corrected chi connectivity index (χ1v) is 10.8. The Morgan fingerprint density at radius 1 is 1.17 bits per heavy atom. The van der Waals surface area contributed by atoms with Crippen LogP contribution in [0.1, 0.15) is 43.4 Å². The van der Waals surface area contributed by atoms with E-state index in [0.29, 0.717) is 0 Å². The molecule has 2 aromatic carbocycles. The second-order valence-electron chi connectivity index (χ2n) is 8.40. The van der Waals surface area contributed by atoms with E-state index < -0.39 is 0 Å². The van der Waals surface area contributed by atoms with Crippen LogP contribution in [0.3, 0.4) is 0 Å². The summed E-state index contributed by atoms with van der Waals surface area (Å²) in [5.41, 5.74) is 14.7. The summed E-state index contributed by atoms with van der Waals surface area (Å²) in [6, 6.07) is 15.3. The Balaban J connectivity index is 1.69. The molecule has 0 spiro atoms. The van der Waals surface area contributed by atoms with E-state index in [0.717, 1.165) is 58.5 Å². The largest absolute Gasteiger partial charge is 0.366 e. The number of likely N-dealkylation sites (N-methyl/N-ethyl adjacent to an activating group) is 1. The Labute approximate surface area is 179 Å². The lowest BCUT2D eigenvalue weighted by molar-refractivity contribution is 0.564. The molecule has 2 unspecified atom stereocenters. The first kappa shape index (κ1) is 20.3. The van der Waals surface area contributed by atoms with Crippen molar-refractivity contribution in [1.82, 2.24) is 4.68 Å². The Bertz CT molecular complexity index is 1190. The number of allylic oxidation sites excluding steroid dienone is 1. The summed E-state index contributed by atoms with van der Waals surface area (Å²) in [5, 5.41) is 4.01. The highest BCUT2D eigenvalue weighted by Gasteiger charge is 2.32. The highest BCUT2D eigenvalue weighted by Crippen LogP contribution is 2.37. The number of nitrogens with one attached hydrogen (secondary N) is 1. The van der Waals surface area contributed by atoms with Crippen molar-refractivity contribution in [3.63, 3.8) is 0 Å². The van der Waals surface area contributed by atoms with Crippen molar-refractivity contribution in [3.8, 4) is 0 Å². The van der Waals surface area contributed by atoms with Gasteiger partial charge in [-0.05, 0) is 42.5 Å². The van der Waals surface area contributed by atoms with Gasteiger partial charge in [0.15, 0.2) is 0 Å². The fourth-order valence-electron chi connectivity index (χ4n) is 4.65. The van der Waals surface area contributed by atoms with E-state index in [-0.39, 0.29) is 12.1 Å². The molecule has 1 aliphatic rings. The molecule has 1 aliphatic carbocycles. The van der Waals surface area contributed by atoms with E-state index >= 15 is 0 Å². The number of nitrogens with two attached hydrogens (primary N) is 1. The number of benzene rings is 2. The molecule has 0 saturated carbocycles. The molecule has 4 heteroatoms. The molecule has 4 nitrogen and oxygen atoms in total. The molecule has 3 aromatic rings. The predicted octanol–water partition coefficient (Wildman–Crippen LogP) is 3.77. The van der Waals surface area contributed by atoms with Crippen LogP contribution in [0.15, 0.2) is 54.7 Å². The van der Waals surface area contributed by atoms with Crippen LogP contribution in [0.4, 0.5) is 5.69 Å².